The van der Waals surface area contributed by atoms with E-state index >= 15 is 0 Å². The number of thioether (sulfide) groups is 1. The first-order valence-corrected chi connectivity index (χ1v) is 5.36. The molecule has 0 unspecified atom stereocenters. The summed E-state index contributed by atoms with van der Waals surface area (Å²) in [6, 6.07) is 4.01. The maximum atomic E-state index is 4.38. The second kappa shape index (κ2) is 3.83. The number of hydrogen-bond acceptors (Lipinski definition) is 3. The number of aromatic nitrogens is 1. The van der Waals surface area contributed by atoms with Crippen molar-refractivity contribution in [1.82, 2.24) is 4.98 Å². The van der Waals surface area contributed by atoms with Crippen molar-refractivity contribution >= 4 is 22.4 Å². The minimum Gasteiger partial charge on any atom is -0.386 e. The Balaban J connectivity index is 2.38. The monoisotopic (exact) mass is 192 g/mol. The van der Waals surface area contributed by atoms with Gasteiger partial charge in [0.25, 0.3) is 0 Å². The van der Waals surface area contributed by atoms with Gasteiger partial charge < -0.3 is 5.32 Å². The molecule has 2 nitrogen and oxygen atoms in total. The summed E-state index contributed by atoms with van der Waals surface area (Å²) in [4.78, 5) is 5.69. The van der Waals surface area contributed by atoms with Gasteiger partial charge >= 0.3 is 0 Å². The lowest BCUT2D eigenvalue weighted by Crippen LogP contribution is -1.95. The zero-order chi connectivity index (χ0) is 9.10. The van der Waals surface area contributed by atoms with Gasteiger partial charge in [0.2, 0.25) is 0 Å². The van der Waals surface area contributed by atoms with Gasteiger partial charge in [-0.1, -0.05) is 6.08 Å². The van der Waals surface area contributed by atoms with Crippen molar-refractivity contribution in [2.24, 2.45) is 0 Å². The van der Waals surface area contributed by atoms with Crippen molar-refractivity contribution in [1.29, 1.82) is 0 Å². The van der Waals surface area contributed by atoms with Gasteiger partial charge in [0.15, 0.2) is 0 Å². The molecule has 2 rings (SSSR count). The quantitative estimate of drug-likeness (QED) is 0.779. The van der Waals surface area contributed by atoms with E-state index in [1.807, 2.05) is 31.1 Å². The Bertz CT molecular complexity index is 333. The molecule has 1 aliphatic heterocycles. The minimum atomic E-state index is 1.09. The smallest absolute Gasteiger partial charge is 0.0993 e. The molecule has 0 atom stereocenters. The van der Waals surface area contributed by atoms with Crippen LogP contribution in [0.1, 0.15) is 12.1 Å². The predicted molar refractivity (Wildman–Crippen MR) is 58.8 cm³/mol. The van der Waals surface area contributed by atoms with Crippen LogP contribution in [-0.4, -0.2) is 17.8 Å². The molecule has 3 heteroatoms. The van der Waals surface area contributed by atoms with Gasteiger partial charge in [-0.05, 0) is 18.6 Å². The predicted octanol–water partition coefficient (Wildman–Crippen LogP) is 2.60. The fourth-order valence-electron chi connectivity index (χ4n) is 1.39. The Morgan fingerprint density at radius 3 is 3.15 bits per heavy atom. The second-order valence-corrected chi connectivity index (χ2v) is 3.99. The zero-order valence-corrected chi connectivity index (χ0v) is 8.40. The van der Waals surface area contributed by atoms with Gasteiger partial charge in [-0.25, -0.2) is 0 Å². The van der Waals surface area contributed by atoms with Crippen LogP contribution in [0.4, 0.5) is 5.69 Å². The number of pyridine rings is 1. The van der Waals surface area contributed by atoms with Crippen LogP contribution in [0.2, 0.25) is 0 Å². The highest BCUT2D eigenvalue weighted by Crippen LogP contribution is 2.35. The highest BCUT2D eigenvalue weighted by molar-refractivity contribution is 8.08. The van der Waals surface area contributed by atoms with Crippen LogP contribution in [-0.2, 0) is 0 Å². The molecular weight excluding hydrogens is 180 g/mol. The second-order valence-electron chi connectivity index (χ2n) is 2.86. The summed E-state index contributed by atoms with van der Waals surface area (Å²) in [7, 11) is 1.93. The zero-order valence-electron chi connectivity index (χ0n) is 7.58. The van der Waals surface area contributed by atoms with Crippen LogP contribution in [0.15, 0.2) is 24.4 Å². The molecule has 0 radical (unpaired) electrons. The number of nitrogens with zero attached hydrogens (tertiary/aromatic N) is 1. The van der Waals surface area contributed by atoms with Crippen molar-refractivity contribution in [3.05, 3.63) is 30.1 Å². The molecule has 0 bridgehead atoms. The van der Waals surface area contributed by atoms with E-state index in [-0.39, 0.29) is 0 Å². The Labute approximate surface area is 82.5 Å². The van der Waals surface area contributed by atoms with Crippen LogP contribution in [0.25, 0.3) is 4.91 Å². The van der Waals surface area contributed by atoms with E-state index in [1.54, 1.807) is 0 Å². The first-order chi connectivity index (χ1) is 6.42. The number of anilines is 1. The lowest BCUT2D eigenvalue weighted by Gasteiger charge is -2.07. The fraction of sp³-hybridized carbons (Fsp3) is 0.300. The molecule has 0 aliphatic carbocycles. The summed E-state index contributed by atoms with van der Waals surface area (Å²) in [5, 5.41) is 3.16. The SMILES string of the molecule is CNc1cccnc1C1=CCCS1. The molecule has 2 heterocycles. The lowest BCUT2D eigenvalue weighted by molar-refractivity contribution is 1.26. The van der Waals surface area contributed by atoms with Crippen LogP contribution in [0.3, 0.4) is 0 Å². The van der Waals surface area contributed by atoms with E-state index in [9.17, 15) is 0 Å². The molecule has 1 aromatic heterocycles. The van der Waals surface area contributed by atoms with Crippen molar-refractivity contribution in [3.63, 3.8) is 0 Å². The molecule has 0 saturated heterocycles. The highest BCUT2D eigenvalue weighted by atomic mass is 32.2. The Kier molecular flexibility index (Phi) is 2.54. The molecule has 0 fully saturated rings. The fourth-order valence-corrected chi connectivity index (χ4v) is 2.38. The molecule has 0 amide bonds. The summed E-state index contributed by atoms with van der Waals surface area (Å²) in [5.41, 5.74) is 2.20. The van der Waals surface area contributed by atoms with E-state index in [0.717, 1.165) is 11.4 Å². The van der Waals surface area contributed by atoms with E-state index < -0.39 is 0 Å². The summed E-state index contributed by atoms with van der Waals surface area (Å²) in [5.74, 6) is 1.19. The van der Waals surface area contributed by atoms with Crippen molar-refractivity contribution < 1.29 is 0 Å². The van der Waals surface area contributed by atoms with Crippen molar-refractivity contribution in [3.8, 4) is 0 Å². The van der Waals surface area contributed by atoms with E-state index in [2.05, 4.69) is 22.4 Å². The van der Waals surface area contributed by atoms with Crippen LogP contribution in [0, 0.1) is 0 Å². The average molecular weight is 192 g/mol. The summed E-state index contributed by atoms with van der Waals surface area (Å²) in [6.45, 7) is 0. The number of hydrogen-bond donors (Lipinski definition) is 1. The van der Waals surface area contributed by atoms with Gasteiger partial charge in [0.1, 0.15) is 0 Å². The molecule has 0 aromatic carbocycles. The summed E-state index contributed by atoms with van der Waals surface area (Å²) < 4.78 is 0. The number of nitrogens with one attached hydrogen (secondary N) is 1. The van der Waals surface area contributed by atoms with Crippen LogP contribution in [0.5, 0.6) is 0 Å². The molecule has 13 heavy (non-hydrogen) atoms. The first kappa shape index (κ1) is 8.63. The molecule has 0 spiro atoms. The largest absolute Gasteiger partial charge is 0.386 e. The standard InChI is InChI=1S/C10H12N2S/c1-11-8-4-2-6-12-10(8)9-5-3-7-13-9/h2,4-6,11H,3,7H2,1H3. The summed E-state index contributed by atoms with van der Waals surface area (Å²) in [6.07, 6.45) is 5.27. The lowest BCUT2D eigenvalue weighted by atomic mass is 10.2. The van der Waals surface area contributed by atoms with Gasteiger partial charge in [0.05, 0.1) is 11.4 Å². The topological polar surface area (TPSA) is 24.9 Å². The maximum Gasteiger partial charge on any atom is 0.0993 e. The Morgan fingerprint density at radius 1 is 1.54 bits per heavy atom. The average Bonchev–Trinajstić information content (AvgIpc) is 2.70. The molecule has 68 valence electrons. The minimum absolute atomic E-state index is 1.09. The third kappa shape index (κ3) is 1.70. The molecular formula is C10H12N2S. The molecule has 0 saturated carbocycles. The van der Waals surface area contributed by atoms with E-state index in [4.69, 9.17) is 0 Å². The van der Waals surface area contributed by atoms with Crippen LogP contribution >= 0.6 is 11.8 Å². The Morgan fingerprint density at radius 2 is 2.46 bits per heavy atom. The first-order valence-electron chi connectivity index (χ1n) is 4.38. The van der Waals surface area contributed by atoms with Gasteiger partial charge in [0, 0.05) is 23.9 Å². The maximum absolute atomic E-state index is 4.38. The third-order valence-electron chi connectivity index (χ3n) is 2.02. The van der Waals surface area contributed by atoms with Gasteiger partial charge in [-0.2, -0.15) is 0 Å². The van der Waals surface area contributed by atoms with Crippen molar-refractivity contribution in [2.75, 3.05) is 18.1 Å². The number of rotatable bonds is 2. The Hall–Kier alpha value is -0.960. The molecule has 1 N–H and O–H groups in total. The van der Waals surface area contributed by atoms with E-state index in [0.29, 0.717) is 0 Å². The van der Waals surface area contributed by atoms with Crippen molar-refractivity contribution in [2.45, 2.75) is 6.42 Å². The normalized spacial score (nSPS) is 15.6. The molecule has 1 aliphatic rings. The third-order valence-corrected chi connectivity index (χ3v) is 3.13. The summed E-state index contributed by atoms with van der Waals surface area (Å²) >= 11 is 1.88. The van der Waals surface area contributed by atoms with Gasteiger partial charge in [-0.15, -0.1) is 11.8 Å². The highest BCUT2D eigenvalue weighted by Gasteiger charge is 2.11. The van der Waals surface area contributed by atoms with E-state index in [1.165, 1.54) is 17.1 Å². The van der Waals surface area contributed by atoms with Crippen LogP contribution < -0.4 is 5.32 Å². The number of allylic oxidation sites excluding steroid dienone is 1. The van der Waals surface area contributed by atoms with Gasteiger partial charge in [-0.3, -0.25) is 4.98 Å². The molecule has 1 aromatic rings.